The standard InChI is InChI=1S/C5H6NOP/c7-4-2-1-3-5(8)6-4/h1-3H,8H2,(H,6,7). The topological polar surface area (TPSA) is 33.1 Å². The molecule has 1 rings (SSSR count). The van der Waals surface area contributed by atoms with E-state index in [0.29, 0.717) is 0 Å². The molecule has 1 aromatic rings. The predicted octanol–water partition coefficient (Wildman–Crippen LogP) is 0.288. The molecule has 1 aromatic heterocycles. The molecule has 0 amide bonds. The quantitative estimate of drug-likeness (QED) is 0.508. The van der Waals surface area contributed by atoms with E-state index < -0.39 is 0 Å². The van der Waals surface area contributed by atoms with E-state index in [9.17, 15) is 0 Å². The zero-order chi connectivity index (χ0) is 5.98. The molecule has 1 unspecified atom stereocenters. The van der Waals surface area contributed by atoms with Gasteiger partial charge in [-0.2, -0.15) is 0 Å². The molecular formula is C5H6NOP. The minimum atomic E-state index is 0.0671. The van der Waals surface area contributed by atoms with Crippen molar-refractivity contribution >= 4 is 14.7 Å². The summed E-state index contributed by atoms with van der Waals surface area (Å²) in [7, 11) is 2.39. The Morgan fingerprint density at radius 1 is 1.50 bits per heavy atom. The van der Waals surface area contributed by atoms with Gasteiger partial charge in [-0.15, -0.1) is 0 Å². The monoisotopic (exact) mass is 127 g/mol. The molecule has 1 heterocycles. The van der Waals surface area contributed by atoms with Gasteiger partial charge in [0.2, 0.25) is 5.88 Å². The highest BCUT2D eigenvalue weighted by atomic mass is 31.0. The van der Waals surface area contributed by atoms with Gasteiger partial charge < -0.3 is 5.11 Å². The van der Waals surface area contributed by atoms with Gasteiger partial charge in [0.15, 0.2) is 0 Å². The first-order chi connectivity index (χ1) is 3.79. The second-order valence-electron chi connectivity index (χ2n) is 1.42. The highest BCUT2D eigenvalue weighted by Crippen LogP contribution is 1.98. The lowest BCUT2D eigenvalue weighted by Crippen LogP contribution is -1.93. The smallest absolute Gasteiger partial charge is 0.211 e. The molecule has 0 fully saturated rings. The molecule has 1 N–H and O–H groups in total. The Bertz CT molecular complexity index is 172. The van der Waals surface area contributed by atoms with Crippen molar-refractivity contribution in [1.82, 2.24) is 4.98 Å². The predicted molar refractivity (Wildman–Crippen MR) is 35.2 cm³/mol. The van der Waals surface area contributed by atoms with Crippen molar-refractivity contribution in [2.24, 2.45) is 0 Å². The van der Waals surface area contributed by atoms with Crippen molar-refractivity contribution in [2.45, 2.75) is 0 Å². The lowest BCUT2D eigenvalue weighted by molar-refractivity contribution is 0.455. The number of aromatic hydroxyl groups is 1. The van der Waals surface area contributed by atoms with Crippen LogP contribution in [0.25, 0.3) is 0 Å². The SMILES string of the molecule is Oc1cccc(P)n1. The van der Waals surface area contributed by atoms with Crippen LogP contribution in [0.15, 0.2) is 18.2 Å². The summed E-state index contributed by atoms with van der Waals surface area (Å²) in [5, 5.41) is 8.69. The number of hydrogen-bond acceptors (Lipinski definition) is 2. The summed E-state index contributed by atoms with van der Waals surface area (Å²) in [6.07, 6.45) is 0. The number of aromatic nitrogens is 1. The van der Waals surface area contributed by atoms with Gasteiger partial charge in [-0.1, -0.05) is 15.3 Å². The lowest BCUT2D eigenvalue weighted by Gasteiger charge is -1.88. The van der Waals surface area contributed by atoms with Crippen molar-refractivity contribution in [1.29, 1.82) is 0 Å². The Balaban J connectivity index is 3.08. The summed E-state index contributed by atoms with van der Waals surface area (Å²) >= 11 is 0. The number of rotatable bonds is 0. The van der Waals surface area contributed by atoms with E-state index in [1.165, 1.54) is 6.07 Å². The molecule has 8 heavy (non-hydrogen) atoms. The van der Waals surface area contributed by atoms with Crippen LogP contribution in [0.4, 0.5) is 0 Å². The fourth-order valence-corrected chi connectivity index (χ4v) is 0.683. The molecule has 2 nitrogen and oxygen atoms in total. The molecule has 0 aliphatic rings. The molecule has 0 aliphatic heterocycles. The van der Waals surface area contributed by atoms with E-state index in [1.54, 1.807) is 12.1 Å². The normalized spacial score (nSPS) is 9.12. The summed E-state index contributed by atoms with van der Waals surface area (Å²) in [5.41, 5.74) is 0.755. The second kappa shape index (κ2) is 2.10. The summed E-state index contributed by atoms with van der Waals surface area (Å²) in [5.74, 6) is 0.0671. The van der Waals surface area contributed by atoms with Crippen LogP contribution in [0, 0.1) is 0 Å². The Labute approximate surface area is 49.8 Å². The summed E-state index contributed by atoms with van der Waals surface area (Å²) in [6, 6.07) is 5.07. The van der Waals surface area contributed by atoms with Crippen LogP contribution in [0.5, 0.6) is 5.88 Å². The van der Waals surface area contributed by atoms with Gasteiger partial charge in [-0.25, -0.2) is 4.98 Å². The average Bonchev–Trinajstić information content (AvgIpc) is 1.64. The maximum Gasteiger partial charge on any atom is 0.211 e. The summed E-state index contributed by atoms with van der Waals surface area (Å²) in [4.78, 5) is 3.69. The van der Waals surface area contributed by atoms with Crippen molar-refractivity contribution in [3.8, 4) is 5.88 Å². The van der Waals surface area contributed by atoms with Crippen LogP contribution in [-0.2, 0) is 0 Å². The molecule has 1 atom stereocenters. The molecule has 0 aromatic carbocycles. The third-order valence-corrected chi connectivity index (χ3v) is 1.08. The van der Waals surface area contributed by atoms with Crippen molar-refractivity contribution in [3.63, 3.8) is 0 Å². The third-order valence-electron chi connectivity index (χ3n) is 0.756. The Hall–Kier alpha value is -0.620. The first kappa shape index (κ1) is 5.52. The highest BCUT2D eigenvalue weighted by Gasteiger charge is 1.84. The van der Waals surface area contributed by atoms with Gasteiger partial charge in [0.05, 0.1) is 5.44 Å². The lowest BCUT2D eigenvalue weighted by atomic mass is 10.5. The summed E-state index contributed by atoms with van der Waals surface area (Å²) < 4.78 is 0. The van der Waals surface area contributed by atoms with Gasteiger partial charge >= 0.3 is 0 Å². The van der Waals surface area contributed by atoms with E-state index in [0.717, 1.165) is 5.44 Å². The van der Waals surface area contributed by atoms with Crippen LogP contribution in [0.1, 0.15) is 0 Å². The molecule has 0 bridgehead atoms. The summed E-state index contributed by atoms with van der Waals surface area (Å²) in [6.45, 7) is 0. The minimum Gasteiger partial charge on any atom is -0.493 e. The van der Waals surface area contributed by atoms with E-state index in [-0.39, 0.29) is 5.88 Å². The maximum atomic E-state index is 8.69. The third kappa shape index (κ3) is 1.17. The van der Waals surface area contributed by atoms with Crippen molar-refractivity contribution in [2.75, 3.05) is 0 Å². The van der Waals surface area contributed by atoms with Crippen LogP contribution in [0.2, 0.25) is 0 Å². The number of pyridine rings is 1. The van der Waals surface area contributed by atoms with E-state index in [2.05, 4.69) is 14.2 Å². The fourth-order valence-electron chi connectivity index (χ4n) is 0.440. The molecular weight excluding hydrogens is 121 g/mol. The van der Waals surface area contributed by atoms with Gasteiger partial charge in [-0.05, 0) is 6.07 Å². The molecule has 0 saturated carbocycles. The van der Waals surface area contributed by atoms with E-state index in [1.807, 2.05) is 0 Å². The Kier molecular flexibility index (Phi) is 1.45. The van der Waals surface area contributed by atoms with Gasteiger partial charge in [0.25, 0.3) is 0 Å². The first-order valence-corrected chi connectivity index (χ1v) is 2.78. The highest BCUT2D eigenvalue weighted by molar-refractivity contribution is 7.26. The molecule has 42 valence electrons. The largest absolute Gasteiger partial charge is 0.493 e. The molecule has 0 radical (unpaired) electrons. The fraction of sp³-hybridized carbons (Fsp3) is 0. The van der Waals surface area contributed by atoms with Crippen LogP contribution < -0.4 is 5.44 Å². The van der Waals surface area contributed by atoms with Crippen LogP contribution in [0.3, 0.4) is 0 Å². The van der Waals surface area contributed by atoms with Crippen LogP contribution >= 0.6 is 9.24 Å². The van der Waals surface area contributed by atoms with Gasteiger partial charge in [0.1, 0.15) is 0 Å². The van der Waals surface area contributed by atoms with Crippen molar-refractivity contribution in [3.05, 3.63) is 18.2 Å². The molecule has 3 heteroatoms. The van der Waals surface area contributed by atoms with E-state index in [4.69, 9.17) is 5.11 Å². The second-order valence-corrected chi connectivity index (χ2v) is 2.01. The maximum absolute atomic E-state index is 8.69. The minimum absolute atomic E-state index is 0.0671. The molecule has 0 saturated heterocycles. The van der Waals surface area contributed by atoms with Crippen molar-refractivity contribution < 1.29 is 5.11 Å². The Morgan fingerprint density at radius 2 is 2.25 bits per heavy atom. The van der Waals surface area contributed by atoms with Gasteiger partial charge in [0, 0.05) is 6.07 Å². The van der Waals surface area contributed by atoms with E-state index >= 15 is 0 Å². The zero-order valence-corrected chi connectivity index (χ0v) is 5.36. The van der Waals surface area contributed by atoms with Gasteiger partial charge in [-0.3, -0.25) is 0 Å². The Morgan fingerprint density at radius 3 is 2.62 bits per heavy atom. The number of hydrogen-bond donors (Lipinski definition) is 1. The average molecular weight is 127 g/mol. The molecule has 0 aliphatic carbocycles. The van der Waals surface area contributed by atoms with Crippen LogP contribution in [-0.4, -0.2) is 10.1 Å². The first-order valence-electron chi connectivity index (χ1n) is 2.20. The molecule has 0 spiro atoms. The zero-order valence-electron chi connectivity index (χ0n) is 4.20. The number of nitrogens with zero attached hydrogens (tertiary/aromatic N) is 1.